The maximum absolute atomic E-state index is 12.3. The Morgan fingerprint density at radius 2 is 1.60 bits per heavy atom. The Morgan fingerprint density at radius 1 is 1.00 bits per heavy atom. The lowest BCUT2D eigenvalue weighted by Crippen LogP contribution is -2.45. The van der Waals surface area contributed by atoms with Gasteiger partial charge in [-0.15, -0.1) is 0 Å². The fraction of sp³-hybridized carbons (Fsp3) is 0.737. The smallest absolute Gasteiger partial charge is 0.331 e. The van der Waals surface area contributed by atoms with Crippen molar-refractivity contribution in [3.63, 3.8) is 0 Å². The summed E-state index contributed by atoms with van der Waals surface area (Å²) in [5.74, 6) is -0.964. The lowest BCUT2D eigenvalue weighted by Gasteiger charge is -2.26. The highest BCUT2D eigenvalue weighted by Gasteiger charge is 2.25. The van der Waals surface area contributed by atoms with Crippen LogP contribution in [0.15, 0.2) is 12.2 Å². The van der Waals surface area contributed by atoms with E-state index >= 15 is 0 Å². The lowest BCUT2D eigenvalue weighted by atomic mass is 9.88. The van der Waals surface area contributed by atoms with Crippen LogP contribution in [0.2, 0.25) is 0 Å². The minimum atomic E-state index is -0.627. The summed E-state index contributed by atoms with van der Waals surface area (Å²) in [6.45, 7) is 7.47. The molecule has 0 aromatic rings. The van der Waals surface area contributed by atoms with Gasteiger partial charge in [-0.3, -0.25) is 4.79 Å². The van der Waals surface area contributed by atoms with Gasteiger partial charge in [-0.1, -0.05) is 33.1 Å². The third kappa shape index (κ3) is 8.70. The normalized spacial score (nSPS) is 16.9. The summed E-state index contributed by atoms with van der Waals surface area (Å²) in [5.41, 5.74) is 0. The zero-order valence-corrected chi connectivity index (χ0v) is 15.7. The van der Waals surface area contributed by atoms with E-state index in [1.165, 1.54) is 6.42 Å². The zero-order valence-electron chi connectivity index (χ0n) is 15.7. The van der Waals surface area contributed by atoms with Gasteiger partial charge in [0, 0.05) is 18.1 Å². The number of esters is 2. The fourth-order valence-electron chi connectivity index (χ4n) is 2.69. The van der Waals surface area contributed by atoms with E-state index in [0.29, 0.717) is 0 Å². The number of amides is 1. The minimum absolute atomic E-state index is 0.0468. The van der Waals surface area contributed by atoms with Crippen LogP contribution in [0.5, 0.6) is 0 Å². The van der Waals surface area contributed by atoms with E-state index < -0.39 is 11.9 Å². The molecule has 1 N–H and O–H groups in total. The van der Waals surface area contributed by atoms with E-state index in [1.54, 1.807) is 13.8 Å². The highest BCUT2D eigenvalue weighted by Crippen LogP contribution is 2.24. The van der Waals surface area contributed by atoms with Crippen LogP contribution in [0.25, 0.3) is 0 Å². The molecule has 6 heteroatoms. The number of ether oxygens (including phenoxy) is 2. The van der Waals surface area contributed by atoms with Crippen LogP contribution in [0.1, 0.15) is 59.8 Å². The number of carbonyl (C=O) groups is 3. The molecular formula is C19H31NO5. The molecule has 0 bridgehead atoms. The van der Waals surface area contributed by atoms with Crippen molar-refractivity contribution in [2.24, 2.45) is 11.8 Å². The standard InChI is InChI=1S/C19H31NO5/c1-13(2)16(20-19(23)15-8-6-5-7-9-15)12-24-17(21)10-11-18(22)25-14(3)4/h10-11,13-16H,5-9,12H2,1-4H3,(H,20,23)/b11-10+. The molecule has 25 heavy (non-hydrogen) atoms. The van der Waals surface area contributed by atoms with Crippen molar-refractivity contribution < 1.29 is 23.9 Å². The predicted octanol–water partition coefficient (Wildman–Crippen LogP) is 2.76. The van der Waals surface area contributed by atoms with Crippen LogP contribution in [-0.2, 0) is 23.9 Å². The maximum Gasteiger partial charge on any atom is 0.331 e. The average Bonchev–Trinajstić information content (AvgIpc) is 2.56. The van der Waals surface area contributed by atoms with Crippen LogP contribution in [0, 0.1) is 11.8 Å². The van der Waals surface area contributed by atoms with Crippen LogP contribution in [0.4, 0.5) is 0 Å². The number of hydrogen-bond donors (Lipinski definition) is 1. The number of carbonyl (C=O) groups excluding carboxylic acids is 3. The molecule has 0 spiro atoms. The second-order valence-corrected chi connectivity index (χ2v) is 7.14. The molecule has 1 unspecified atom stereocenters. The van der Waals surface area contributed by atoms with Gasteiger partial charge in [0.2, 0.25) is 5.91 Å². The highest BCUT2D eigenvalue weighted by molar-refractivity contribution is 5.91. The SMILES string of the molecule is CC(C)OC(=O)/C=C/C(=O)OCC(NC(=O)C1CCCCC1)C(C)C. The molecule has 1 aliphatic carbocycles. The van der Waals surface area contributed by atoms with E-state index in [-0.39, 0.29) is 36.5 Å². The molecule has 1 amide bonds. The van der Waals surface area contributed by atoms with Crippen LogP contribution < -0.4 is 5.32 Å². The Morgan fingerprint density at radius 3 is 2.16 bits per heavy atom. The Hall–Kier alpha value is -1.85. The molecule has 0 saturated heterocycles. The molecule has 1 rings (SSSR count). The van der Waals surface area contributed by atoms with Gasteiger partial charge in [0.25, 0.3) is 0 Å². The molecule has 0 aliphatic heterocycles. The predicted molar refractivity (Wildman–Crippen MR) is 94.7 cm³/mol. The Kier molecular flexibility index (Phi) is 9.24. The van der Waals surface area contributed by atoms with Crippen molar-refractivity contribution in [3.8, 4) is 0 Å². The van der Waals surface area contributed by atoms with Crippen molar-refractivity contribution in [1.29, 1.82) is 0 Å². The number of rotatable bonds is 8. The summed E-state index contributed by atoms with van der Waals surface area (Å²) < 4.78 is 10.1. The summed E-state index contributed by atoms with van der Waals surface area (Å²) >= 11 is 0. The quantitative estimate of drug-likeness (QED) is 0.536. The fourth-order valence-corrected chi connectivity index (χ4v) is 2.69. The molecule has 142 valence electrons. The summed E-state index contributed by atoms with van der Waals surface area (Å²) in [6.07, 6.45) is 7.09. The highest BCUT2D eigenvalue weighted by atomic mass is 16.5. The minimum Gasteiger partial charge on any atom is -0.460 e. The van der Waals surface area contributed by atoms with Gasteiger partial charge >= 0.3 is 11.9 Å². The summed E-state index contributed by atoms with van der Waals surface area (Å²) in [4.78, 5) is 35.4. The van der Waals surface area contributed by atoms with Crippen molar-refractivity contribution in [1.82, 2.24) is 5.32 Å². The topological polar surface area (TPSA) is 81.7 Å². The Labute approximate surface area is 150 Å². The van der Waals surface area contributed by atoms with Crippen LogP contribution in [-0.4, -0.2) is 36.6 Å². The molecule has 0 heterocycles. The third-order valence-electron chi connectivity index (χ3n) is 4.22. The van der Waals surface area contributed by atoms with Gasteiger partial charge in [-0.2, -0.15) is 0 Å². The number of nitrogens with one attached hydrogen (secondary N) is 1. The van der Waals surface area contributed by atoms with Gasteiger partial charge in [0.15, 0.2) is 0 Å². The first-order valence-corrected chi connectivity index (χ1v) is 9.15. The summed E-state index contributed by atoms with van der Waals surface area (Å²) in [7, 11) is 0. The summed E-state index contributed by atoms with van der Waals surface area (Å²) in [6, 6.07) is -0.241. The van der Waals surface area contributed by atoms with Gasteiger partial charge in [0.05, 0.1) is 12.1 Å². The Balaban J connectivity index is 2.44. The van der Waals surface area contributed by atoms with Crippen molar-refractivity contribution in [3.05, 3.63) is 12.2 Å². The second kappa shape index (κ2) is 10.9. The second-order valence-electron chi connectivity index (χ2n) is 7.14. The van der Waals surface area contributed by atoms with Crippen molar-refractivity contribution in [2.75, 3.05) is 6.61 Å². The van der Waals surface area contributed by atoms with Gasteiger partial charge < -0.3 is 14.8 Å². The van der Waals surface area contributed by atoms with E-state index in [9.17, 15) is 14.4 Å². The molecule has 1 fully saturated rings. The van der Waals surface area contributed by atoms with E-state index in [1.807, 2.05) is 13.8 Å². The third-order valence-corrected chi connectivity index (χ3v) is 4.22. The van der Waals surface area contributed by atoms with Gasteiger partial charge in [0.1, 0.15) is 6.61 Å². The van der Waals surface area contributed by atoms with Gasteiger partial charge in [-0.05, 0) is 32.6 Å². The lowest BCUT2D eigenvalue weighted by molar-refractivity contribution is -0.143. The molecule has 6 nitrogen and oxygen atoms in total. The average molecular weight is 353 g/mol. The molecule has 0 radical (unpaired) electrons. The molecule has 0 aromatic carbocycles. The monoisotopic (exact) mass is 353 g/mol. The van der Waals surface area contributed by atoms with Crippen molar-refractivity contribution in [2.45, 2.75) is 71.9 Å². The van der Waals surface area contributed by atoms with Crippen LogP contribution >= 0.6 is 0 Å². The number of hydrogen-bond acceptors (Lipinski definition) is 5. The maximum atomic E-state index is 12.3. The molecule has 1 aliphatic rings. The first-order chi connectivity index (χ1) is 11.8. The summed E-state index contributed by atoms with van der Waals surface area (Å²) in [5, 5.41) is 3.00. The molecular weight excluding hydrogens is 322 g/mol. The zero-order chi connectivity index (χ0) is 18.8. The molecule has 1 atom stereocenters. The Bertz CT molecular complexity index is 478. The molecule has 1 saturated carbocycles. The van der Waals surface area contributed by atoms with Gasteiger partial charge in [-0.25, -0.2) is 9.59 Å². The van der Waals surface area contributed by atoms with E-state index in [2.05, 4.69) is 5.32 Å². The van der Waals surface area contributed by atoms with Crippen molar-refractivity contribution >= 4 is 17.8 Å². The first kappa shape index (κ1) is 21.2. The molecule has 0 aromatic heterocycles. The van der Waals surface area contributed by atoms with E-state index in [0.717, 1.165) is 37.8 Å². The first-order valence-electron chi connectivity index (χ1n) is 9.15. The van der Waals surface area contributed by atoms with Crippen LogP contribution in [0.3, 0.4) is 0 Å². The van der Waals surface area contributed by atoms with E-state index in [4.69, 9.17) is 9.47 Å². The largest absolute Gasteiger partial charge is 0.460 e.